The number of amides is 1. The standard InChI is InChI=1S/C10H19NO3/c1-4-8(2)10(13)14-7-5-6-11-9(3)12/h8H,4-7H2,1-3H3,(H,11,12). The molecule has 0 aromatic rings. The Bertz CT molecular complexity index is 192. The molecule has 1 N–H and O–H groups in total. The van der Waals surface area contributed by atoms with E-state index >= 15 is 0 Å². The fraction of sp³-hybridized carbons (Fsp3) is 0.800. The van der Waals surface area contributed by atoms with Crippen molar-refractivity contribution in [2.24, 2.45) is 5.92 Å². The van der Waals surface area contributed by atoms with Gasteiger partial charge in [0.1, 0.15) is 0 Å². The van der Waals surface area contributed by atoms with Crippen molar-refractivity contribution in [1.82, 2.24) is 5.32 Å². The van der Waals surface area contributed by atoms with Crippen LogP contribution in [0.3, 0.4) is 0 Å². The molecule has 1 amide bonds. The molecule has 0 spiro atoms. The number of hydrogen-bond acceptors (Lipinski definition) is 3. The van der Waals surface area contributed by atoms with Gasteiger partial charge < -0.3 is 10.1 Å². The third kappa shape index (κ3) is 6.46. The molecule has 0 fully saturated rings. The van der Waals surface area contributed by atoms with Crippen LogP contribution in [0.1, 0.15) is 33.6 Å². The van der Waals surface area contributed by atoms with Gasteiger partial charge in [-0.1, -0.05) is 13.8 Å². The van der Waals surface area contributed by atoms with Crippen molar-refractivity contribution in [3.8, 4) is 0 Å². The van der Waals surface area contributed by atoms with E-state index in [9.17, 15) is 9.59 Å². The van der Waals surface area contributed by atoms with Gasteiger partial charge in [0.15, 0.2) is 0 Å². The summed E-state index contributed by atoms with van der Waals surface area (Å²) in [7, 11) is 0. The molecule has 4 heteroatoms. The van der Waals surface area contributed by atoms with Gasteiger partial charge in [0.05, 0.1) is 12.5 Å². The predicted molar refractivity (Wildman–Crippen MR) is 53.7 cm³/mol. The monoisotopic (exact) mass is 201 g/mol. The Kier molecular flexibility index (Phi) is 6.80. The van der Waals surface area contributed by atoms with Crippen LogP contribution in [-0.4, -0.2) is 25.0 Å². The Morgan fingerprint density at radius 1 is 1.43 bits per heavy atom. The first-order valence-electron chi connectivity index (χ1n) is 4.99. The Morgan fingerprint density at radius 3 is 2.57 bits per heavy atom. The molecule has 82 valence electrons. The summed E-state index contributed by atoms with van der Waals surface area (Å²) >= 11 is 0. The first kappa shape index (κ1) is 12.9. The Balaban J connectivity index is 3.36. The SMILES string of the molecule is CCC(C)C(=O)OCCCNC(C)=O. The molecule has 0 aromatic carbocycles. The Labute approximate surface area is 85.0 Å². The lowest BCUT2D eigenvalue weighted by Crippen LogP contribution is -2.23. The van der Waals surface area contributed by atoms with Crippen molar-refractivity contribution in [3.05, 3.63) is 0 Å². The highest BCUT2D eigenvalue weighted by atomic mass is 16.5. The van der Waals surface area contributed by atoms with Crippen molar-refractivity contribution in [1.29, 1.82) is 0 Å². The summed E-state index contributed by atoms with van der Waals surface area (Å²) in [6, 6.07) is 0. The molecule has 1 unspecified atom stereocenters. The van der Waals surface area contributed by atoms with E-state index in [1.807, 2.05) is 13.8 Å². The molecular formula is C10H19NO3. The Morgan fingerprint density at radius 2 is 2.07 bits per heavy atom. The molecule has 0 aliphatic carbocycles. The zero-order valence-corrected chi connectivity index (χ0v) is 9.13. The Hall–Kier alpha value is -1.06. The van der Waals surface area contributed by atoms with Crippen LogP contribution < -0.4 is 5.32 Å². The van der Waals surface area contributed by atoms with Gasteiger partial charge in [-0.3, -0.25) is 9.59 Å². The maximum Gasteiger partial charge on any atom is 0.308 e. The minimum absolute atomic E-state index is 0.0317. The summed E-state index contributed by atoms with van der Waals surface area (Å²) < 4.78 is 4.99. The number of nitrogens with one attached hydrogen (secondary N) is 1. The van der Waals surface area contributed by atoms with Gasteiger partial charge >= 0.3 is 5.97 Å². The zero-order chi connectivity index (χ0) is 11.0. The summed E-state index contributed by atoms with van der Waals surface area (Å²) in [6.07, 6.45) is 1.46. The third-order valence-corrected chi connectivity index (χ3v) is 1.95. The average molecular weight is 201 g/mol. The van der Waals surface area contributed by atoms with Crippen LogP contribution in [0.4, 0.5) is 0 Å². The van der Waals surface area contributed by atoms with Crippen LogP contribution in [0.15, 0.2) is 0 Å². The molecule has 1 atom stereocenters. The van der Waals surface area contributed by atoms with E-state index in [1.54, 1.807) is 0 Å². The lowest BCUT2D eigenvalue weighted by molar-refractivity contribution is -0.148. The fourth-order valence-corrected chi connectivity index (χ4v) is 0.818. The molecule has 0 saturated heterocycles. The van der Waals surface area contributed by atoms with Gasteiger partial charge in [-0.2, -0.15) is 0 Å². The average Bonchev–Trinajstić information content (AvgIpc) is 2.15. The van der Waals surface area contributed by atoms with Crippen LogP contribution >= 0.6 is 0 Å². The van der Waals surface area contributed by atoms with Gasteiger partial charge in [-0.15, -0.1) is 0 Å². The van der Waals surface area contributed by atoms with Crippen molar-refractivity contribution in [3.63, 3.8) is 0 Å². The molecule has 0 rings (SSSR count). The van der Waals surface area contributed by atoms with Crippen molar-refractivity contribution < 1.29 is 14.3 Å². The molecule has 0 bridgehead atoms. The molecule has 4 nitrogen and oxygen atoms in total. The number of esters is 1. The first-order chi connectivity index (χ1) is 6.57. The molecule has 0 aromatic heterocycles. The fourth-order valence-electron chi connectivity index (χ4n) is 0.818. The molecule has 14 heavy (non-hydrogen) atoms. The van der Waals surface area contributed by atoms with E-state index in [1.165, 1.54) is 6.92 Å². The topological polar surface area (TPSA) is 55.4 Å². The molecule has 0 aliphatic heterocycles. The van der Waals surface area contributed by atoms with E-state index in [-0.39, 0.29) is 17.8 Å². The summed E-state index contributed by atoms with van der Waals surface area (Å²) in [4.78, 5) is 21.6. The van der Waals surface area contributed by atoms with Gasteiger partial charge in [-0.05, 0) is 12.8 Å². The smallest absolute Gasteiger partial charge is 0.308 e. The summed E-state index contributed by atoms with van der Waals surface area (Å²) in [5.41, 5.74) is 0. The normalized spacial score (nSPS) is 11.9. The van der Waals surface area contributed by atoms with E-state index < -0.39 is 0 Å². The van der Waals surface area contributed by atoms with E-state index in [2.05, 4.69) is 5.32 Å². The quantitative estimate of drug-likeness (QED) is 0.517. The minimum atomic E-state index is -0.157. The third-order valence-electron chi connectivity index (χ3n) is 1.95. The number of carbonyl (C=O) groups is 2. The van der Waals surface area contributed by atoms with Gasteiger partial charge in [0.2, 0.25) is 5.91 Å². The lowest BCUT2D eigenvalue weighted by atomic mass is 10.1. The highest BCUT2D eigenvalue weighted by Gasteiger charge is 2.10. The molecule has 0 radical (unpaired) electrons. The number of rotatable bonds is 6. The molecule has 0 saturated carbocycles. The van der Waals surface area contributed by atoms with E-state index in [4.69, 9.17) is 4.74 Å². The van der Waals surface area contributed by atoms with Crippen LogP contribution in [0.25, 0.3) is 0 Å². The highest BCUT2D eigenvalue weighted by molar-refractivity contribution is 5.72. The number of hydrogen-bond donors (Lipinski definition) is 1. The van der Waals surface area contributed by atoms with Crippen molar-refractivity contribution in [2.75, 3.05) is 13.2 Å². The second-order valence-corrected chi connectivity index (χ2v) is 3.31. The van der Waals surface area contributed by atoms with Crippen LogP contribution in [0, 0.1) is 5.92 Å². The second kappa shape index (κ2) is 7.35. The largest absolute Gasteiger partial charge is 0.465 e. The molecule has 0 heterocycles. The minimum Gasteiger partial charge on any atom is -0.465 e. The van der Waals surface area contributed by atoms with Gasteiger partial charge in [-0.25, -0.2) is 0 Å². The first-order valence-corrected chi connectivity index (χ1v) is 4.99. The van der Waals surface area contributed by atoms with Crippen molar-refractivity contribution >= 4 is 11.9 Å². The predicted octanol–water partition coefficient (Wildman–Crippen LogP) is 1.10. The van der Waals surface area contributed by atoms with Crippen LogP contribution in [0.5, 0.6) is 0 Å². The van der Waals surface area contributed by atoms with Crippen molar-refractivity contribution in [2.45, 2.75) is 33.6 Å². The number of ether oxygens (including phenoxy) is 1. The maximum absolute atomic E-state index is 11.2. The highest BCUT2D eigenvalue weighted by Crippen LogP contribution is 2.02. The summed E-state index contributed by atoms with van der Waals surface area (Å²) in [5.74, 6) is -0.246. The van der Waals surface area contributed by atoms with Crippen LogP contribution in [-0.2, 0) is 14.3 Å². The van der Waals surface area contributed by atoms with E-state index in [0.717, 1.165) is 6.42 Å². The summed E-state index contributed by atoms with van der Waals surface area (Å²) in [6.45, 7) is 6.19. The van der Waals surface area contributed by atoms with E-state index in [0.29, 0.717) is 19.6 Å². The van der Waals surface area contributed by atoms with Gasteiger partial charge in [0, 0.05) is 13.5 Å². The molecule has 0 aliphatic rings. The second-order valence-electron chi connectivity index (χ2n) is 3.31. The van der Waals surface area contributed by atoms with Crippen LogP contribution in [0.2, 0.25) is 0 Å². The lowest BCUT2D eigenvalue weighted by Gasteiger charge is -2.08. The zero-order valence-electron chi connectivity index (χ0n) is 9.13. The molecular weight excluding hydrogens is 182 g/mol. The summed E-state index contributed by atoms with van der Waals surface area (Å²) in [5, 5.41) is 2.63. The van der Waals surface area contributed by atoms with Gasteiger partial charge in [0.25, 0.3) is 0 Å². The number of carbonyl (C=O) groups excluding carboxylic acids is 2. The maximum atomic E-state index is 11.2.